The average molecular weight is 794 g/mol. The Kier molecular flexibility index (Phi) is 18.8. The molecular weight excluding hydrogens is 723 g/mol. The summed E-state index contributed by atoms with van der Waals surface area (Å²) in [6.07, 6.45) is 22.7. The van der Waals surface area contributed by atoms with Crippen molar-refractivity contribution in [3.05, 3.63) is 107 Å². The summed E-state index contributed by atoms with van der Waals surface area (Å²) in [6.45, 7) is 17.4. The Labute approximate surface area is 342 Å². The van der Waals surface area contributed by atoms with Gasteiger partial charge in [-0.15, -0.1) is 0 Å². The summed E-state index contributed by atoms with van der Waals surface area (Å²) < 4.78 is 24.6. The largest absolute Gasteiger partial charge is 0.388 e. The van der Waals surface area contributed by atoms with Crippen molar-refractivity contribution in [1.29, 1.82) is 0 Å². The molecule has 0 aromatic heterocycles. The zero-order chi connectivity index (χ0) is 42.5. The predicted octanol–water partition coefficient (Wildman–Crippen LogP) is 5.87. The average Bonchev–Trinajstić information content (AvgIpc) is 3.09. The number of hydrogen-bond acceptors (Lipinski definition) is 10. The van der Waals surface area contributed by atoms with E-state index in [2.05, 4.69) is 25.2 Å². The predicted molar refractivity (Wildman–Crippen MR) is 228 cm³/mol. The number of nitrogens with two attached hydrogens (primary N) is 1. The number of carbonyl (C=O) groups is 1. The van der Waals surface area contributed by atoms with Gasteiger partial charge in [0.25, 0.3) is 0 Å². The van der Waals surface area contributed by atoms with Gasteiger partial charge in [-0.1, -0.05) is 116 Å². The van der Waals surface area contributed by atoms with Gasteiger partial charge < -0.3 is 50.2 Å². The Balaban J connectivity index is 1.86. The van der Waals surface area contributed by atoms with Crippen LogP contribution in [0.15, 0.2) is 107 Å². The molecule has 0 radical (unpaired) electrons. The van der Waals surface area contributed by atoms with Crippen LogP contribution in [0.4, 0.5) is 0 Å². The van der Waals surface area contributed by atoms with Crippen LogP contribution in [0.5, 0.6) is 0 Å². The van der Waals surface area contributed by atoms with Crippen molar-refractivity contribution in [1.82, 2.24) is 10.2 Å². The number of ether oxygens (including phenoxy) is 4. The van der Waals surface area contributed by atoms with Crippen molar-refractivity contribution in [2.24, 2.45) is 11.7 Å². The van der Waals surface area contributed by atoms with Gasteiger partial charge in [0.05, 0.1) is 30.4 Å². The summed E-state index contributed by atoms with van der Waals surface area (Å²) in [5.41, 5.74) is 7.63. The zero-order valence-electron chi connectivity index (χ0n) is 36.1. The summed E-state index contributed by atoms with van der Waals surface area (Å²) in [5.74, 6) is 0.240. The standard InChI is InChI=1S/C46H71N3O8/c1-30(2)26-36-27-33(5)19-13-12-16-25-45(8,52)38(22-15-14-18-31(3)20-17-21-32(4)23-24-34(6)48-43(36)51)57-44-40(47)41(50)37(29-54-44)56-39-28-46(9,53)42(49(10)11)35(7)55-39/h12-23,25,27,30,34-35,37-42,44,50,52-53H,24,26,28-29,47H2,1-11H3,(H,48,51)/b13-12+,18-14?,21-17+,22-15+,25-16+,31-20?,32-23+,33-19+,36-27+/t34-,35+,37+,38-,39-,40+,41-,42+,44-,45+,46+/m0/s1. The summed E-state index contributed by atoms with van der Waals surface area (Å²) in [4.78, 5) is 15.2. The third kappa shape index (κ3) is 15.5. The molecule has 0 aliphatic carbocycles. The smallest absolute Gasteiger partial charge is 0.247 e. The zero-order valence-corrected chi connectivity index (χ0v) is 36.1. The van der Waals surface area contributed by atoms with Gasteiger partial charge >= 0.3 is 0 Å². The van der Waals surface area contributed by atoms with Crippen LogP contribution in [-0.2, 0) is 23.7 Å². The molecule has 0 aromatic rings. The third-order valence-corrected chi connectivity index (χ3v) is 10.3. The Bertz CT molecular complexity index is 1600. The summed E-state index contributed by atoms with van der Waals surface area (Å²) >= 11 is 0. The van der Waals surface area contributed by atoms with E-state index in [0.29, 0.717) is 18.8 Å². The number of aliphatic hydroxyl groups is 3. The van der Waals surface area contributed by atoms with Crippen LogP contribution in [0.25, 0.3) is 0 Å². The number of aliphatic hydroxyl groups excluding tert-OH is 1. The normalized spacial score (nSPS) is 40.6. The first-order chi connectivity index (χ1) is 26.7. The Hall–Kier alpha value is -3.23. The second kappa shape index (κ2) is 22.2. The van der Waals surface area contributed by atoms with Gasteiger partial charge in [0.15, 0.2) is 12.6 Å². The second-order valence-electron chi connectivity index (χ2n) is 17.0. The Morgan fingerprint density at radius 2 is 1.65 bits per heavy atom. The van der Waals surface area contributed by atoms with Crippen LogP contribution in [0, 0.1) is 5.92 Å². The molecule has 2 saturated heterocycles. The van der Waals surface area contributed by atoms with Gasteiger partial charge in [0.1, 0.15) is 23.9 Å². The molecule has 318 valence electrons. The van der Waals surface area contributed by atoms with E-state index >= 15 is 0 Å². The van der Waals surface area contributed by atoms with Crippen molar-refractivity contribution in [3.63, 3.8) is 0 Å². The number of allylic oxidation sites excluding steroid dienone is 14. The number of hydrogen-bond donors (Lipinski definition) is 5. The summed E-state index contributed by atoms with van der Waals surface area (Å²) in [6, 6.07) is -1.28. The highest BCUT2D eigenvalue weighted by Gasteiger charge is 2.48. The van der Waals surface area contributed by atoms with Crippen LogP contribution in [-0.4, -0.2) is 113 Å². The SMILES string of the molecule is CC1=C/C=C/C(C)=C/C[C@H](C)NC(=O)/C(CC(C)C)=C/C(C)=C/C=C/C=C/[C@@](C)(O)[C@@H](O[C@@H]2OC[C@@H](O[C@H]3C[C@@](C)(O)[C@H](N(C)C)[C@@H](C)O3)[C@H](O)[C@H]2N)/C=C/C=C1. The van der Waals surface area contributed by atoms with E-state index < -0.39 is 48.1 Å². The molecule has 0 bridgehead atoms. The fraction of sp³-hybridized carbons (Fsp3) is 0.587. The molecule has 57 heavy (non-hydrogen) atoms. The molecule has 3 aliphatic heterocycles. The highest BCUT2D eigenvalue weighted by molar-refractivity contribution is 5.94. The van der Waals surface area contributed by atoms with Crippen LogP contribution < -0.4 is 11.1 Å². The van der Waals surface area contributed by atoms with E-state index in [1.54, 1.807) is 44.2 Å². The molecule has 3 heterocycles. The lowest BCUT2D eigenvalue weighted by Gasteiger charge is -2.48. The van der Waals surface area contributed by atoms with E-state index in [1.807, 2.05) is 102 Å². The first-order valence-corrected chi connectivity index (χ1v) is 20.2. The second-order valence-corrected chi connectivity index (χ2v) is 17.0. The molecule has 3 aliphatic rings. The highest BCUT2D eigenvalue weighted by Crippen LogP contribution is 2.34. The minimum atomic E-state index is -1.53. The Morgan fingerprint density at radius 3 is 2.32 bits per heavy atom. The maximum absolute atomic E-state index is 13.3. The molecular formula is C46H71N3O8. The molecule has 11 nitrogen and oxygen atoms in total. The van der Waals surface area contributed by atoms with Crippen LogP contribution in [0.1, 0.15) is 81.6 Å². The minimum absolute atomic E-state index is 0.0258. The molecule has 0 spiro atoms. The number of nitrogens with zero attached hydrogens (tertiary/aromatic N) is 1. The van der Waals surface area contributed by atoms with Crippen molar-refractivity contribution >= 4 is 5.91 Å². The summed E-state index contributed by atoms with van der Waals surface area (Å²) in [7, 11) is 3.79. The van der Waals surface area contributed by atoms with Gasteiger partial charge in [-0.3, -0.25) is 4.79 Å². The number of likely N-dealkylation sites (N-methyl/N-ethyl adjacent to an activating group) is 1. The Morgan fingerprint density at radius 1 is 0.965 bits per heavy atom. The maximum Gasteiger partial charge on any atom is 0.247 e. The number of nitrogens with one attached hydrogen (secondary N) is 1. The maximum atomic E-state index is 13.3. The van der Waals surface area contributed by atoms with E-state index in [1.165, 1.54) is 0 Å². The van der Waals surface area contributed by atoms with E-state index in [0.717, 1.165) is 22.3 Å². The van der Waals surface area contributed by atoms with E-state index in [-0.39, 0.29) is 37.1 Å². The topological polar surface area (TPSA) is 156 Å². The van der Waals surface area contributed by atoms with Gasteiger partial charge in [-0.25, -0.2) is 0 Å². The lowest BCUT2D eigenvalue weighted by Crippen LogP contribution is -2.63. The third-order valence-electron chi connectivity index (χ3n) is 10.3. The lowest BCUT2D eigenvalue weighted by atomic mass is 9.85. The quantitative estimate of drug-likeness (QED) is 0.212. The molecule has 0 aromatic carbocycles. The number of carbonyl (C=O) groups excluding carboxylic acids is 1. The molecule has 0 saturated carbocycles. The molecule has 0 unspecified atom stereocenters. The molecule has 6 N–H and O–H groups in total. The van der Waals surface area contributed by atoms with E-state index in [4.69, 9.17) is 24.7 Å². The fourth-order valence-electron chi connectivity index (χ4n) is 7.34. The van der Waals surface area contributed by atoms with Crippen LogP contribution in [0.3, 0.4) is 0 Å². The lowest BCUT2D eigenvalue weighted by molar-refractivity contribution is -0.310. The van der Waals surface area contributed by atoms with Gasteiger partial charge in [0, 0.05) is 18.0 Å². The molecule has 3 rings (SSSR count). The first-order valence-electron chi connectivity index (χ1n) is 20.2. The van der Waals surface area contributed by atoms with Crippen molar-refractivity contribution in [3.8, 4) is 0 Å². The molecule has 2 fully saturated rings. The van der Waals surface area contributed by atoms with Crippen molar-refractivity contribution < 1.29 is 39.1 Å². The van der Waals surface area contributed by atoms with Gasteiger partial charge in [0.2, 0.25) is 5.91 Å². The van der Waals surface area contributed by atoms with Crippen LogP contribution >= 0.6 is 0 Å². The highest BCUT2D eigenvalue weighted by atomic mass is 16.7. The van der Waals surface area contributed by atoms with Crippen molar-refractivity contribution in [2.75, 3.05) is 20.7 Å². The first kappa shape index (κ1) is 48.1. The minimum Gasteiger partial charge on any atom is -0.388 e. The molecule has 11 heteroatoms. The summed E-state index contributed by atoms with van der Waals surface area (Å²) in [5, 5.41) is 37.4. The monoisotopic (exact) mass is 794 g/mol. The van der Waals surface area contributed by atoms with Crippen molar-refractivity contribution in [2.45, 2.75) is 148 Å². The van der Waals surface area contributed by atoms with Gasteiger partial charge in [-0.05, 0) is 81.3 Å². The van der Waals surface area contributed by atoms with Gasteiger partial charge in [-0.2, -0.15) is 0 Å². The molecule has 1 amide bonds. The van der Waals surface area contributed by atoms with Crippen LogP contribution in [0.2, 0.25) is 0 Å². The number of amides is 1. The van der Waals surface area contributed by atoms with E-state index in [9.17, 15) is 20.1 Å². The fourth-order valence-corrected chi connectivity index (χ4v) is 7.34. The molecule has 11 atom stereocenters. The number of rotatable bonds is 7.